The van der Waals surface area contributed by atoms with Crippen LogP contribution in [0.3, 0.4) is 0 Å². The number of hydrogen-bond acceptors (Lipinski definition) is 1. The van der Waals surface area contributed by atoms with Crippen LogP contribution in [-0.2, 0) is 6.54 Å². The molecule has 0 amide bonds. The van der Waals surface area contributed by atoms with Crippen LogP contribution in [0.4, 0.5) is 0 Å². The summed E-state index contributed by atoms with van der Waals surface area (Å²) in [5.74, 6) is 0.896. The van der Waals surface area contributed by atoms with E-state index >= 15 is 0 Å². The summed E-state index contributed by atoms with van der Waals surface area (Å²) in [7, 11) is 0. The molecule has 0 saturated heterocycles. The Morgan fingerprint density at radius 3 is 3.07 bits per heavy atom. The van der Waals surface area contributed by atoms with E-state index in [9.17, 15) is 0 Å². The van der Waals surface area contributed by atoms with Gasteiger partial charge in [0.1, 0.15) is 5.65 Å². The van der Waals surface area contributed by atoms with Crippen molar-refractivity contribution in [3.05, 3.63) is 30.6 Å². The van der Waals surface area contributed by atoms with Crippen molar-refractivity contribution in [3.8, 4) is 0 Å². The van der Waals surface area contributed by atoms with Gasteiger partial charge in [0, 0.05) is 24.3 Å². The highest BCUT2D eigenvalue weighted by Gasteiger charge is 2.18. The molecule has 0 unspecified atom stereocenters. The van der Waals surface area contributed by atoms with Crippen LogP contribution in [0.25, 0.3) is 11.0 Å². The minimum atomic E-state index is 0.896. The molecular weight excluding hydrogens is 172 g/mol. The molecule has 0 spiro atoms. The van der Waals surface area contributed by atoms with Crippen LogP contribution >= 0.6 is 0 Å². The molecule has 2 heteroatoms. The second-order valence-corrected chi connectivity index (χ2v) is 4.18. The predicted molar refractivity (Wildman–Crippen MR) is 57.1 cm³/mol. The van der Waals surface area contributed by atoms with Gasteiger partial charge in [-0.15, -0.1) is 0 Å². The fourth-order valence-corrected chi connectivity index (χ4v) is 2.12. The predicted octanol–water partition coefficient (Wildman–Crippen LogP) is 2.84. The van der Waals surface area contributed by atoms with Crippen molar-refractivity contribution in [1.29, 1.82) is 0 Å². The van der Waals surface area contributed by atoms with E-state index in [0.29, 0.717) is 0 Å². The molecule has 2 aromatic rings. The zero-order chi connectivity index (χ0) is 9.38. The molecule has 1 aliphatic carbocycles. The van der Waals surface area contributed by atoms with Gasteiger partial charge >= 0.3 is 0 Å². The van der Waals surface area contributed by atoms with Crippen molar-refractivity contribution in [3.63, 3.8) is 0 Å². The molecule has 0 aromatic carbocycles. The van der Waals surface area contributed by atoms with Crippen molar-refractivity contribution in [1.82, 2.24) is 9.55 Å². The van der Waals surface area contributed by atoms with E-state index in [2.05, 4.69) is 27.9 Å². The Morgan fingerprint density at radius 1 is 1.36 bits per heavy atom. The minimum absolute atomic E-state index is 0.896. The average molecular weight is 186 g/mol. The SMILES string of the molecule is c1cnc2c(c1)ccn2CC1CCC1. The first kappa shape index (κ1) is 8.04. The lowest BCUT2D eigenvalue weighted by Gasteiger charge is -2.25. The molecule has 1 saturated carbocycles. The van der Waals surface area contributed by atoms with Crippen LogP contribution in [0.1, 0.15) is 19.3 Å². The quantitative estimate of drug-likeness (QED) is 0.705. The van der Waals surface area contributed by atoms with Gasteiger partial charge in [-0.2, -0.15) is 0 Å². The topological polar surface area (TPSA) is 17.8 Å². The zero-order valence-corrected chi connectivity index (χ0v) is 8.19. The van der Waals surface area contributed by atoms with Gasteiger partial charge in [0.15, 0.2) is 0 Å². The van der Waals surface area contributed by atoms with Crippen LogP contribution < -0.4 is 0 Å². The Balaban J connectivity index is 1.95. The second kappa shape index (κ2) is 3.12. The molecular formula is C12H14N2. The van der Waals surface area contributed by atoms with Crippen LogP contribution in [0, 0.1) is 5.92 Å². The highest BCUT2D eigenvalue weighted by molar-refractivity contribution is 5.75. The molecule has 3 rings (SSSR count). The van der Waals surface area contributed by atoms with E-state index in [-0.39, 0.29) is 0 Å². The third-order valence-electron chi connectivity index (χ3n) is 3.20. The van der Waals surface area contributed by atoms with Gasteiger partial charge in [-0.3, -0.25) is 0 Å². The van der Waals surface area contributed by atoms with E-state index < -0.39 is 0 Å². The van der Waals surface area contributed by atoms with Crippen molar-refractivity contribution in [2.75, 3.05) is 0 Å². The van der Waals surface area contributed by atoms with E-state index in [1.165, 1.54) is 24.6 Å². The number of aromatic nitrogens is 2. The van der Waals surface area contributed by atoms with Crippen LogP contribution in [-0.4, -0.2) is 9.55 Å². The van der Waals surface area contributed by atoms with E-state index in [4.69, 9.17) is 0 Å². The standard InChI is InChI=1S/C12H14N2/c1-3-10(4-1)9-14-8-6-11-5-2-7-13-12(11)14/h2,5-8,10H,1,3-4,9H2. The number of rotatable bonds is 2. The van der Waals surface area contributed by atoms with E-state index in [0.717, 1.165) is 18.1 Å². The summed E-state index contributed by atoms with van der Waals surface area (Å²) in [6.45, 7) is 1.15. The average Bonchev–Trinajstić information content (AvgIpc) is 2.55. The summed E-state index contributed by atoms with van der Waals surface area (Å²) in [5, 5.41) is 1.26. The molecule has 2 nitrogen and oxygen atoms in total. The monoisotopic (exact) mass is 186 g/mol. The van der Waals surface area contributed by atoms with Crippen LogP contribution in [0.5, 0.6) is 0 Å². The minimum Gasteiger partial charge on any atom is -0.332 e. The Hall–Kier alpha value is -1.31. The van der Waals surface area contributed by atoms with Crippen molar-refractivity contribution >= 4 is 11.0 Å². The molecule has 14 heavy (non-hydrogen) atoms. The van der Waals surface area contributed by atoms with Crippen molar-refractivity contribution in [2.45, 2.75) is 25.8 Å². The van der Waals surface area contributed by atoms with Crippen molar-refractivity contribution < 1.29 is 0 Å². The lowest BCUT2D eigenvalue weighted by Crippen LogP contribution is -2.17. The molecule has 0 aliphatic heterocycles. The first-order valence-electron chi connectivity index (χ1n) is 5.33. The molecule has 1 aliphatic rings. The van der Waals surface area contributed by atoms with Gasteiger partial charge in [-0.25, -0.2) is 4.98 Å². The molecule has 1 fully saturated rings. The molecule has 0 atom stereocenters. The summed E-state index contributed by atoms with van der Waals surface area (Å²) in [5.41, 5.74) is 1.14. The number of pyridine rings is 1. The smallest absolute Gasteiger partial charge is 0.139 e. The molecule has 2 aromatic heterocycles. The van der Waals surface area contributed by atoms with Crippen LogP contribution in [0.15, 0.2) is 30.6 Å². The molecule has 0 bridgehead atoms. The van der Waals surface area contributed by atoms with E-state index in [1.54, 1.807) is 0 Å². The maximum absolute atomic E-state index is 4.42. The highest BCUT2D eigenvalue weighted by Crippen LogP contribution is 2.28. The van der Waals surface area contributed by atoms with Gasteiger partial charge in [0.05, 0.1) is 0 Å². The van der Waals surface area contributed by atoms with E-state index in [1.807, 2.05) is 12.3 Å². The maximum atomic E-state index is 4.42. The van der Waals surface area contributed by atoms with Gasteiger partial charge in [0.2, 0.25) is 0 Å². The van der Waals surface area contributed by atoms with Crippen LogP contribution in [0.2, 0.25) is 0 Å². The molecule has 2 heterocycles. The number of nitrogens with zero attached hydrogens (tertiary/aromatic N) is 2. The first-order valence-corrected chi connectivity index (χ1v) is 5.33. The Labute approximate surface area is 83.6 Å². The lowest BCUT2D eigenvalue weighted by molar-refractivity contribution is 0.279. The fraction of sp³-hybridized carbons (Fsp3) is 0.417. The second-order valence-electron chi connectivity index (χ2n) is 4.18. The Kier molecular flexibility index (Phi) is 1.79. The molecule has 0 radical (unpaired) electrons. The summed E-state index contributed by atoms with van der Waals surface area (Å²) in [6.07, 6.45) is 8.24. The molecule has 0 N–H and O–H groups in total. The summed E-state index contributed by atoms with van der Waals surface area (Å²) in [4.78, 5) is 4.42. The van der Waals surface area contributed by atoms with Crippen molar-refractivity contribution in [2.24, 2.45) is 5.92 Å². The number of hydrogen-bond donors (Lipinski definition) is 0. The zero-order valence-electron chi connectivity index (χ0n) is 8.19. The Bertz CT molecular complexity index is 440. The molecule has 72 valence electrons. The highest BCUT2D eigenvalue weighted by atomic mass is 15.0. The third kappa shape index (κ3) is 1.22. The lowest BCUT2D eigenvalue weighted by atomic mass is 9.85. The normalized spacial score (nSPS) is 17.1. The van der Waals surface area contributed by atoms with Gasteiger partial charge < -0.3 is 4.57 Å². The maximum Gasteiger partial charge on any atom is 0.139 e. The van der Waals surface area contributed by atoms with Gasteiger partial charge in [-0.05, 0) is 37.0 Å². The summed E-state index contributed by atoms with van der Waals surface area (Å²) >= 11 is 0. The third-order valence-corrected chi connectivity index (χ3v) is 3.20. The Morgan fingerprint density at radius 2 is 2.29 bits per heavy atom. The number of fused-ring (bicyclic) bond motifs is 1. The van der Waals surface area contributed by atoms with Gasteiger partial charge in [-0.1, -0.05) is 6.42 Å². The fourth-order valence-electron chi connectivity index (χ4n) is 2.12. The first-order chi connectivity index (χ1) is 6.93. The largest absolute Gasteiger partial charge is 0.332 e. The summed E-state index contributed by atoms with van der Waals surface area (Å²) < 4.78 is 2.29. The van der Waals surface area contributed by atoms with Gasteiger partial charge in [0.25, 0.3) is 0 Å². The summed E-state index contributed by atoms with van der Waals surface area (Å²) in [6, 6.07) is 6.27.